The number of hydrogen-bond donors (Lipinski definition) is 1. The lowest BCUT2D eigenvalue weighted by Gasteiger charge is -2.19. The lowest BCUT2D eigenvalue weighted by atomic mass is 10.2. The minimum absolute atomic E-state index is 0.0609. The molecule has 0 bridgehead atoms. The molecule has 0 saturated carbocycles. The summed E-state index contributed by atoms with van der Waals surface area (Å²) < 4.78 is 16.1. The van der Waals surface area contributed by atoms with Crippen LogP contribution >= 0.6 is 23.4 Å². The molecular weight excluding hydrogens is 390 g/mol. The number of thioether (sulfide) groups is 1. The van der Waals surface area contributed by atoms with Crippen molar-refractivity contribution in [1.29, 1.82) is 0 Å². The van der Waals surface area contributed by atoms with Gasteiger partial charge in [0.1, 0.15) is 13.2 Å². The fourth-order valence-electron chi connectivity index (χ4n) is 2.35. The van der Waals surface area contributed by atoms with Gasteiger partial charge in [-0.2, -0.15) is 0 Å². The minimum atomic E-state index is -0.933. The van der Waals surface area contributed by atoms with Gasteiger partial charge in [0.25, 0.3) is 5.91 Å². The molecule has 2 aromatic carbocycles. The second kappa shape index (κ2) is 9.01. The van der Waals surface area contributed by atoms with Crippen molar-refractivity contribution in [3.05, 3.63) is 47.5 Å². The number of nitrogens with one attached hydrogen (secondary N) is 1. The third kappa shape index (κ3) is 5.30. The Morgan fingerprint density at radius 1 is 1.19 bits per heavy atom. The molecule has 1 N–H and O–H groups in total. The second-order valence-corrected chi connectivity index (χ2v) is 7.12. The van der Waals surface area contributed by atoms with Crippen LogP contribution in [-0.2, 0) is 14.3 Å². The van der Waals surface area contributed by atoms with Crippen LogP contribution < -0.4 is 14.8 Å². The molecule has 0 aliphatic carbocycles. The SMILES string of the molecule is CC(OC(=O)CSc1ccccc1Cl)C(=O)Nc1ccc2c(c1)OCCO2. The summed E-state index contributed by atoms with van der Waals surface area (Å²) >= 11 is 7.31. The average molecular weight is 408 g/mol. The molecule has 1 amide bonds. The van der Waals surface area contributed by atoms with Gasteiger partial charge in [-0.1, -0.05) is 23.7 Å². The Labute approximate surface area is 166 Å². The summed E-state index contributed by atoms with van der Waals surface area (Å²) in [4.78, 5) is 25.0. The molecule has 3 rings (SSSR count). The van der Waals surface area contributed by atoms with Crippen LogP contribution in [0.5, 0.6) is 11.5 Å². The molecule has 1 unspecified atom stereocenters. The van der Waals surface area contributed by atoms with Crippen molar-refractivity contribution in [2.24, 2.45) is 0 Å². The van der Waals surface area contributed by atoms with E-state index in [1.54, 1.807) is 24.3 Å². The van der Waals surface area contributed by atoms with Crippen molar-refractivity contribution < 1.29 is 23.8 Å². The van der Waals surface area contributed by atoms with E-state index in [4.69, 9.17) is 25.8 Å². The Hall–Kier alpha value is -2.38. The summed E-state index contributed by atoms with van der Waals surface area (Å²) in [5.74, 6) is 0.341. The zero-order valence-electron chi connectivity index (χ0n) is 14.6. The largest absolute Gasteiger partial charge is 0.486 e. The van der Waals surface area contributed by atoms with E-state index in [0.717, 1.165) is 4.90 Å². The number of anilines is 1. The van der Waals surface area contributed by atoms with Gasteiger partial charge in [-0.25, -0.2) is 0 Å². The predicted molar refractivity (Wildman–Crippen MR) is 104 cm³/mol. The quantitative estimate of drug-likeness (QED) is 0.580. The highest BCUT2D eigenvalue weighted by Gasteiger charge is 2.19. The van der Waals surface area contributed by atoms with Crippen LogP contribution in [-0.4, -0.2) is 36.9 Å². The Bertz CT molecular complexity index is 845. The maximum absolute atomic E-state index is 12.3. The highest BCUT2D eigenvalue weighted by atomic mass is 35.5. The average Bonchev–Trinajstić information content (AvgIpc) is 2.67. The highest BCUT2D eigenvalue weighted by Crippen LogP contribution is 2.32. The zero-order valence-corrected chi connectivity index (χ0v) is 16.1. The van der Waals surface area contributed by atoms with Crippen LogP contribution in [0, 0.1) is 0 Å². The van der Waals surface area contributed by atoms with Gasteiger partial charge in [0, 0.05) is 16.6 Å². The van der Waals surface area contributed by atoms with Crippen LogP contribution in [0.1, 0.15) is 6.92 Å². The Kier molecular flexibility index (Phi) is 6.47. The molecule has 0 aromatic heterocycles. The molecule has 0 saturated heterocycles. The van der Waals surface area contributed by atoms with Crippen LogP contribution in [0.4, 0.5) is 5.69 Å². The number of hydrogen-bond acceptors (Lipinski definition) is 6. The first-order valence-corrected chi connectivity index (χ1v) is 9.66. The van der Waals surface area contributed by atoms with Gasteiger partial charge in [-0.15, -0.1) is 11.8 Å². The van der Waals surface area contributed by atoms with Gasteiger partial charge in [-0.3, -0.25) is 9.59 Å². The van der Waals surface area contributed by atoms with Crippen molar-refractivity contribution >= 4 is 40.9 Å². The van der Waals surface area contributed by atoms with E-state index >= 15 is 0 Å². The van der Waals surface area contributed by atoms with Crippen LogP contribution in [0.25, 0.3) is 0 Å². The van der Waals surface area contributed by atoms with E-state index in [0.29, 0.717) is 35.4 Å². The number of rotatable bonds is 6. The Morgan fingerprint density at radius 2 is 1.93 bits per heavy atom. The summed E-state index contributed by atoms with van der Waals surface area (Å²) in [6.45, 7) is 2.48. The Balaban J connectivity index is 1.50. The van der Waals surface area contributed by atoms with E-state index in [-0.39, 0.29) is 5.75 Å². The van der Waals surface area contributed by atoms with Crippen molar-refractivity contribution in [1.82, 2.24) is 0 Å². The molecule has 0 fully saturated rings. The van der Waals surface area contributed by atoms with Gasteiger partial charge in [0.2, 0.25) is 0 Å². The molecule has 1 atom stereocenters. The molecule has 1 aliphatic rings. The van der Waals surface area contributed by atoms with Crippen LogP contribution in [0.2, 0.25) is 5.02 Å². The number of esters is 1. The summed E-state index contributed by atoms with van der Waals surface area (Å²) in [6.07, 6.45) is -0.933. The first-order valence-electron chi connectivity index (χ1n) is 8.30. The van der Waals surface area contributed by atoms with E-state index in [1.165, 1.54) is 18.7 Å². The number of ether oxygens (including phenoxy) is 3. The van der Waals surface area contributed by atoms with Gasteiger partial charge < -0.3 is 19.5 Å². The number of fused-ring (bicyclic) bond motifs is 1. The van der Waals surface area contributed by atoms with E-state index < -0.39 is 18.0 Å². The number of carbonyl (C=O) groups excluding carboxylic acids is 2. The van der Waals surface area contributed by atoms with E-state index in [1.807, 2.05) is 18.2 Å². The van der Waals surface area contributed by atoms with E-state index in [2.05, 4.69) is 5.32 Å². The normalized spacial score (nSPS) is 13.6. The predicted octanol–water partition coefficient (Wildman–Crippen LogP) is 3.77. The topological polar surface area (TPSA) is 73.9 Å². The number of benzene rings is 2. The zero-order chi connectivity index (χ0) is 19.2. The van der Waals surface area contributed by atoms with Crippen molar-refractivity contribution in [2.75, 3.05) is 24.3 Å². The van der Waals surface area contributed by atoms with Crippen molar-refractivity contribution in [3.63, 3.8) is 0 Å². The third-order valence-corrected chi connectivity index (χ3v) is 5.16. The van der Waals surface area contributed by atoms with Gasteiger partial charge >= 0.3 is 5.97 Å². The first kappa shape index (κ1) is 19.4. The maximum Gasteiger partial charge on any atom is 0.317 e. The third-order valence-electron chi connectivity index (χ3n) is 3.67. The molecule has 0 radical (unpaired) electrons. The molecule has 0 spiro atoms. The van der Waals surface area contributed by atoms with Gasteiger partial charge in [0.05, 0.1) is 10.8 Å². The molecule has 27 heavy (non-hydrogen) atoms. The summed E-state index contributed by atoms with van der Waals surface area (Å²) in [5, 5.41) is 3.27. The summed E-state index contributed by atoms with van der Waals surface area (Å²) in [6, 6.07) is 12.3. The fraction of sp³-hybridized carbons (Fsp3) is 0.263. The van der Waals surface area contributed by atoms with Crippen LogP contribution in [0.15, 0.2) is 47.4 Å². The molecular formula is C19H18ClNO5S. The van der Waals surface area contributed by atoms with Gasteiger partial charge in [0.15, 0.2) is 17.6 Å². The maximum atomic E-state index is 12.3. The van der Waals surface area contributed by atoms with Crippen molar-refractivity contribution in [2.45, 2.75) is 17.9 Å². The number of amides is 1. The minimum Gasteiger partial charge on any atom is -0.486 e. The highest BCUT2D eigenvalue weighted by molar-refractivity contribution is 8.00. The fourth-order valence-corrected chi connectivity index (χ4v) is 3.37. The molecule has 2 aromatic rings. The first-order chi connectivity index (χ1) is 13.0. The summed E-state index contributed by atoms with van der Waals surface area (Å²) in [5.41, 5.74) is 0.539. The molecule has 8 heteroatoms. The second-order valence-electron chi connectivity index (χ2n) is 5.70. The van der Waals surface area contributed by atoms with Gasteiger partial charge in [-0.05, 0) is 31.2 Å². The molecule has 142 valence electrons. The molecule has 6 nitrogen and oxygen atoms in total. The number of halogens is 1. The standard InChI is InChI=1S/C19H18ClNO5S/c1-12(26-18(22)11-27-17-5-3-2-4-14(17)20)19(23)21-13-6-7-15-16(10-13)25-9-8-24-15/h2-7,10,12H,8-9,11H2,1H3,(H,21,23). The monoisotopic (exact) mass is 407 g/mol. The Morgan fingerprint density at radius 3 is 2.70 bits per heavy atom. The molecule has 1 heterocycles. The van der Waals surface area contributed by atoms with Crippen molar-refractivity contribution in [3.8, 4) is 11.5 Å². The lowest BCUT2D eigenvalue weighted by Crippen LogP contribution is -2.30. The lowest BCUT2D eigenvalue weighted by molar-refractivity contribution is -0.150. The molecule has 1 aliphatic heterocycles. The van der Waals surface area contributed by atoms with Crippen LogP contribution in [0.3, 0.4) is 0 Å². The smallest absolute Gasteiger partial charge is 0.317 e. The van der Waals surface area contributed by atoms with E-state index in [9.17, 15) is 9.59 Å². The summed E-state index contributed by atoms with van der Waals surface area (Å²) in [7, 11) is 0. The number of carbonyl (C=O) groups is 2.